The highest BCUT2D eigenvalue weighted by atomic mass is 32.2. The topological polar surface area (TPSA) is 57.7 Å². The highest BCUT2D eigenvalue weighted by Gasteiger charge is 2.26. The first-order chi connectivity index (χ1) is 9.41. The standard InChI is InChI=1S/C13H20N2O3S2/c1-3-4-12-9-11(10-19-12)13(16)14-5-7-15(8-6-14)20(2,17)18/h9-10H,3-8H2,1-2H3. The normalized spacial score (nSPS) is 17.4. The van der Waals surface area contributed by atoms with Crippen LogP contribution < -0.4 is 0 Å². The summed E-state index contributed by atoms with van der Waals surface area (Å²) in [5.74, 6) is 0.0109. The van der Waals surface area contributed by atoms with Crippen molar-refractivity contribution in [3.63, 3.8) is 0 Å². The highest BCUT2D eigenvalue weighted by molar-refractivity contribution is 7.88. The molecule has 1 aliphatic rings. The zero-order valence-electron chi connectivity index (χ0n) is 11.8. The van der Waals surface area contributed by atoms with E-state index >= 15 is 0 Å². The van der Waals surface area contributed by atoms with Gasteiger partial charge in [-0.2, -0.15) is 4.31 Å². The van der Waals surface area contributed by atoms with Gasteiger partial charge in [0.25, 0.3) is 5.91 Å². The Hall–Kier alpha value is -0.920. The maximum Gasteiger partial charge on any atom is 0.254 e. The summed E-state index contributed by atoms with van der Waals surface area (Å²) in [6.07, 6.45) is 3.28. The summed E-state index contributed by atoms with van der Waals surface area (Å²) >= 11 is 1.62. The third-order valence-corrected chi connectivity index (χ3v) is 5.69. The number of piperazine rings is 1. The molecule has 5 nitrogen and oxygen atoms in total. The molecular formula is C13H20N2O3S2. The first-order valence-electron chi connectivity index (χ1n) is 6.73. The van der Waals surface area contributed by atoms with Crippen LogP contribution in [0.5, 0.6) is 0 Å². The molecule has 1 saturated heterocycles. The molecule has 0 saturated carbocycles. The Kier molecular flexibility index (Phi) is 4.82. The number of nitrogens with zero attached hydrogens (tertiary/aromatic N) is 2. The van der Waals surface area contributed by atoms with Gasteiger partial charge in [0.2, 0.25) is 10.0 Å². The van der Waals surface area contributed by atoms with Gasteiger partial charge in [0, 0.05) is 36.4 Å². The van der Waals surface area contributed by atoms with E-state index in [1.807, 2.05) is 11.4 Å². The molecule has 0 aliphatic carbocycles. The number of carbonyl (C=O) groups is 1. The molecular weight excluding hydrogens is 296 g/mol. The van der Waals surface area contributed by atoms with E-state index in [2.05, 4.69) is 6.92 Å². The monoisotopic (exact) mass is 316 g/mol. The molecule has 2 rings (SSSR count). The number of carbonyl (C=O) groups excluding carboxylic acids is 1. The van der Waals surface area contributed by atoms with E-state index in [-0.39, 0.29) is 5.91 Å². The first kappa shape index (κ1) is 15.5. The summed E-state index contributed by atoms with van der Waals surface area (Å²) in [7, 11) is -3.15. The van der Waals surface area contributed by atoms with Gasteiger partial charge < -0.3 is 4.90 Å². The highest BCUT2D eigenvalue weighted by Crippen LogP contribution is 2.19. The summed E-state index contributed by atoms with van der Waals surface area (Å²) in [5.41, 5.74) is 0.728. The van der Waals surface area contributed by atoms with Crippen LogP contribution in [0.3, 0.4) is 0 Å². The van der Waals surface area contributed by atoms with Crippen LogP contribution >= 0.6 is 11.3 Å². The van der Waals surface area contributed by atoms with Crippen molar-refractivity contribution < 1.29 is 13.2 Å². The molecule has 1 amide bonds. The summed E-state index contributed by atoms with van der Waals surface area (Å²) < 4.78 is 24.3. The van der Waals surface area contributed by atoms with E-state index < -0.39 is 10.0 Å². The number of sulfonamides is 1. The van der Waals surface area contributed by atoms with Crippen molar-refractivity contribution in [2.45, 2.75) is 19.8 Å². The van der Waals surface area contributed by atoms with Crippen LogP contribution in [0.25, 0.3) is 0 Å². The zero-order chi connectivity index (χ0) is 14.8. The first-order valence-corrected chi connectivity index (χ1v) is 9.46. The zero-order valence-corrected chi connectivity index (χ0v) is 13.5. The molecule has 0 aromatic carbocycles. The Bertz CT molecular complexity index is 572. The fourth-order valence-electron chi connectivity index (χ4n) is 2.28. The molecule has 0 bridgehead atoms. The van der Waals surface area contributed by atoms with Crippen LogP contribution in [0.15, 0.2) is 11.4 Å². The van der Waals surface area contributed by atoms with Gasteiger partial charge >= 0.3 is 0 Å². The maximum absolute atomic E-state index is 12.3. The van der Waals surface area contributed by atoms with Crippen molar-refractivity contribution in [3.8, 4) is 0 Å². The SMILES string of the molecule is CCCc1cc(C(=O)N2CCN(S(C)(=O)=O)CC2)cs1. The Morgan fingerprint density at radius 1 is 1.30 bits per heavy atom. The predicted molar refractivity (Wildman–Crippen MR) is 80.6 cm³/mol. The van der Waals surface area contributed by atoms with E-state index in [9.17, 15) is 13.2 Å². The van der Waals surface area contributed by atoms with Gasteiger partial charge in [-0.25, -0.2) is 8.42 Å². The number of hydrogen-bond acceptors (Lipinski definition) is 4. The minimum absolute atomic E-state index is 0.0109. The van der Waals surface area contributed by atoms with Crippen molar-refractivity contribution in [1.29, 1.82) is 0 Å². The molecule has 0 radical (unpaired) electrons. The van der Waals surface area contributed by atoms with E-state index in [1.54, 1.807) is 16.2 Å². The van der Waals surface area contributed by atoms with Crippen LogP contribution in [0.4, 0.5) is 0 Å². The molecule has 1 fully saturated rings. The van der Waals surface area contributed by atoms with Crippen LogP contribution in [0.1, 0.15) is 28.6 Å². The molecule has 0 unspecified atom stereocenters. The van der Waals surface area contributed by atoms with Gasteiger partial charge in [0.05, 0.1) is 11.8 Å². The van der Waals surface area contributed by atoms with Crippen molar-refractivity contribution in [3.05, 3.63) is 21.9 Å². The number of hydrogen-bond donors (Lipinski definition) is 0. The summed E-state index contributed by atoms with van der Waals surface area (Å²) in [5, 5.41) is 1.90. The lowest BCUT2D eigenvalue weighted by molar-refractivity contribution is 0.0699. The van der Waals surface area contributed by atoms with Gasteiger partial charge in [-0.15, -0.1) is 11.3 Å². The second-order valence-electron chi connectivity index (χ2n) is 5.01. The predicted octanol–water partition coefficient (Wildman–Crippen LogP) is 1.42. The summed E-state index contributed by atoms with van der Waals surface area (Å²) in [6, 6.07) is 1.96. The third-order valence-electron chi connectivity index (χ3n) is 3.39. The lowest BCUT2D eigenvalue weighted by Crippen LogP contribution is -2.50. The minimum Gasteiger partial charge on any atom is -0.336 e. The maximum atomic E-state index is 12.3. The number of aryl methyl sites for hydroxylation is 1. The van der Waals surface area contributed by atoms with Crippen LogP contribution in [0, 0.1) is 0 Å². The molecule has 7 heteroatoms. The molecule has 112 valence electrons. The van der Waals surface area contributed by atoms with Crippen molar-refractivity contribution in [1.82, 2.24) is 9.21 Å². The number of amides is 1. The van der Waals surface area contributed by atoms with E-state index in [0.29, 0.717) is 26.2 Å². The van der Waals surface area contributed by atoms with E-state index in [0.717, 1.165) is 18.4 Å². The minimum atomic E-state index is -3.15. The van der Waals surface area contributed by atoms with Crippen molar-refractivity contribution >= 4 is 27.3 Å². The van der Waals surface area contributed by atoms with Crippen molar-refractivity contribution in [2.24, 2.45) is 0 Å². The smallest absolute Gasteiger partial charge is 0.254 e. The lowest BCUT2D eigenvalue weighted by atomic mass is 10.2. The van der Waals surface area contributed by atoms with Gasteiger partial charge in [-0.05, 0) is 12.5 Å². The van der Waals surface area contributed by atoms with Gasteiger partial charge in [-0.1, -0.05) is 13.3 Å². The fourth-order valence-corrected chi connectivity index (χ4v) is 4.07. The number of thiophene rings is 1. The summed E-state index contributed by atoms with van der Waals surface area (Å²) in [6.45, 7) is 3.81. The molecule has 1 aromatic rings. The average Bonchev–Trinajstić information content (AvgIpc) is 2.86. The lowest BCUT2D eigenvalue weighted by Gasteiger charge is -2.33. The molecule has 0 N–H and O–H groups in total. The average molecular weight is 316 g/mol. The number of rotatable bonds is 4. The van der Waals surface area contributed by atoms with Crippen LogP contribution in [0.2, 0.25) is 0 Å². The Labute approximate surface area is 124 Å². The second-order valence-corrected chi connectivity index (χ2v) is 7.98. The second kappa shape index (κ2) is 6.24. The largest absolute Gasteiger partial charge is 0.336 e. The summed E-state index contributed by atoms with van der Waals surface area (Å²) in [4.78, 5) is 15.3. The fraction of sp³-hybridized carbons (Fsp3) is 0.615. The molecule has 1 aromatic heterocycles. The van der Waals surface area contributed by atoms with Gasteiger partial charge in [0.1, 0.15) is 0 Å². The quantitative estimate of drug-likeness (QED) is 0.844. The van der Waals surface area contributed by atoms with E-state index in [4.69, 9.17) is 0 Å². The Morgan fingerprint density at radius 2 is 1.95 bits per heavy atom. The molecule has 1 aliphatic heterocycles. The third kappa shape index (κ3) is 3.59. The molecule has 2 heterocycles. The van der Waals surface area contributed by atoms with Crippen LogP contribution in [-0.2, 0) is 16.4 Å². The van der Waals surface area contributed by atoms with E-state index in [1.165, 1.54) is 15.4 Å². The Morgan fingerprint density at radius 3 is 2.50 bits per heavy atom. The van der Waals surface area contributed by atoms with Crippen LogP contribution in [-0.4, -0.2) is 56.0 Å². The molecule has 0 atom stereocenters. The van der Waals surface area contributed by atoms with Gasteiger partial charge in [-0.3, -0.25) is 4.79 Å². The van der Waals surface area contributed by atoms with Gasteiger partial charge in [0.15, 0.2) is 0 Å². The molecule has 20 heavy (non-hydrogen) atoms. The van der Waals surface area contributed by atoms with Crippen molar-refractivity contribution in [2.75, 3.05) is 32.4 Å². The molecule has 0 spiro atoms. The Balaban J connectivity index is 1.97.